The van der Waals surface area contributed by atoms with E-state index in [1.165, 1.54) is 24.5 Å². The Morgan fingerprint density at radius 1 is 1.18 bits per heavy atom. The second kappa shape index (κ2) is 7.98. The van der Waals surface area contributed by atoms with E-state index in [9.17, 15) is 9.59 Å². The lowest BCUT2D eigenvalue weighted by atomic mass is 10.0. The Balaban J connectivity index is 1.82. The molecule has 3 aromatic rings. The van der Waals surface area contributed by atoms with Crippen LogP contribution in [0.2, 0.25) is 0 Å². The summed E-state index contributed by atoms with van der Waals surface area (Å²) in [5.74, 6) is -0.0755. The van der Waals surface area contributed by atoms with Gasteiger partial charge in [-0.3, -0.25) is 9.69 Å². The van der Waals surface area contributed by atoms with E-state index in [1.54, 1.807) is 23.3 Å². The SMILES string of the molecule is CC(=O)N(c1nc(COC(=O)c2ccoc2C)cs1)c1c(C)cc(C)cc1C. The van der Waals surface area contributed by atoms with Crippen molar-refractivity contribution in [2.45, 2.75) is 41.2 Å². The van der Waals surface area contributed by atoms with Gasteiger partial charge in [0.05, 0.1) is 17.6 Å². The number of ether oxygens (including phenoxy) is 1. The molecule has 3 rings (SSSR count). The predicted molar refractivity (Wildman–Crippen MR) is 108 cm³/mol. The molecular formula is C21H22N2O4S. The number of hydrogen-bond acceptors (Lipinski definition) is 6. The van der Waals surface area contributed by atoms with Crippen LogP contribution in [0.15, 0.2) is 34.3 Å². The van der Waals surface area contributed by atoms with E-state index < -0.39 is 5.97 Å². The molecule has 0 atom stereocenters. The van der Waals surface area contributed by atoms with Crippen LogP contribution in [0.1, 0.15) is 45.4 Å². The van der Waals surface area contributed by atoms with Crippen molar-refractivity contribution in [3.8, 4) is 0 Å². The fourth-order valence-electron chi connectivity index (χ4n) is 3.19. The summed E-state index contributed by atoms with van der Waals surface area (Å²) in [5.41, 5.74) is 4.97. The zero-order valence-electron chi connectivity index (χ0n) is 16.5. The first-order valence-electron chi connectivity index (χ1n) is 8.82. The molecule has 0 fully saturated rings. The molecule has 0 N–H and O–H groups in total. The highest BCUT2D eigenvalue weighted by Gasteiger charge is 2.22. The molecule has 2 heterocycles. The van der Waals surface area contributed by atoms with Crippen LogP contribution in [-0.2, 0) is 16.1 Å². The Hall–Kier alpha value is -2.93. The summed E-state index contributed by atoms with van der Waals surface area (Å²) < 4.78 is 10.4. The Morgan fingerprint density at radius 2 is 1.86 bits per heavy atom. The maximum atomic E-state index is 12.4. The summed E-state index contributed by atoms with van der Waals surface area (Å²) >= 11 is 1.34. The third-order valence-corrected chi connectivity index (χ3v) is 5.21. The number of rotatable bonds is 5. The molecule has 7 heteroatoms. The smallest absolute Gasteiger partial charge is 0.342 e. The molecule has 0 unspecified atom stereocenters. The van der Waals surface area contributed by atoms with Crippen LogP contribution in [0.4, 0.5) is 10.8 Å². The zero-order chi connectivity index (χ0) is 20.4. The van der Waals surface area contributed by atoms with Gasteiger partial charge in [0.1, 0.15) is 17.9 Å². The second-order valence-corrected chi connectivity index (χ2v) is 7.53. The summed E-state index contributed by atoms with van der Waals surface area (Å²) in [6.07, 6.45) is 1.45. The largest absolute Gasteiger partial charge is 0.469 e. The van der Waals surface area contributed by atoms with Crippen molar-refractivity contribution < 1.29 is 18.7 Å². The summed E-state index contributed by atoms with van der Waals surface area (Å²) in [5, 5.41) is 2.34. The monoisotopic (exact) mass is 398 g/mol. The Bertz CT molecular complexity index is 1010. The summed E-state index contributed by atoms with van der Waals surface area (Å²) in [4.78, 5) is 30.6. The molecule has 6 nitrogen and oxygen atoms in total. The molecule has 2 aromatic heterocycles. The van der Waals surface area contributed by atoms with Crippen molar-refractivity contribution in [1.29, 1.82) is 0 Å². The first-order valence-corrected chi connectivity index (χ1v) is 9.70. The number of aryl methyl sites for hydroxylation is 4. The molecule has 28 heavy (non-hydrogen) atoms. The van der Waals surface area contributed by atoms with Crippen molar-refractivity contribution in [3.05, 3.63) is 63.6 Å². The minimum atomic E-state index is -0.463. The van der Waals surface area contributed by atoms with E-state index in [0.29, 0.717) is 22.1 Å². The van der Waals surface area contributed by atoms with Crippen LogP contribution in [0.25, 0.3) is 0 Å². The van der Waals surface area contributed by atoms with Crippen LogP contribution in [-0.4, -0.2) is 16.9 Å². The average Bonchev–Trinajstić information content (AvgIpc) is 3.24. The van der Waals surface area contributed by atoms with Gasteiger partial charge in [0.15, 0.2) is 5.13 Å². The highest BCUT2D eigenvalue weighted by molar-refractivity contribution is 7.14. The minimum absolute atomic E-state index is 0.0254. The van der Waals surface area contributed by atoms with Crippen molar-refractivity contribution in [3.63, 3.8) is 0 Å². The number of anilines is 2. The minimum Gasteiger partial charge on any atom is -0.469 e. The molecule has 0 aliphatic heterocycles. The highest BCUT2D eigenvalue weighted by Crippen LogP contribution is 2.34. The molecule has 0 aliphatic carbocycles. The van der Waals surface area contributed by atoms with Crippen molar-refractivity contribution in [2.24, 2.45) is 0 Å². The lowest BCUT2D eigenvalue weighted by Gasteiger charge is -2.23. The molecule has 0 saturated carbocycles. The van der Waals surface area contributed by atoms with Gasteiger partial charge in [-0.1, -0.05) is 17.7 Å². The lowest BCUT2D eigenvalue weighted by Crippen LogP contribution is -2.24. The van der Waals surface area contributed by atoms with E-state index in [0.717, 1.165) is 22.4 Å². The van der Waals surface area contributed by atoms with E-state index in [1.807, 2.05) is 32.9 Å². The van der Waals surface area contributed by atoms with Gasteiger partial charge in [-0.2, -0.15) is 0 Å². The van der Waals surface area contributed by atoms with Gasteiger partial charge in [-0.15, -0.1) is 11.3 Å². The molecule has 146 valence electrons. The first-order chi connectivity index (χ1) is 13.3. The molecule has 0 saturated heterocycles. The third kappa shape index (κ3) is 3.99. The number of thiazole rings is 1. The van der Waals surface area contributed by atoms with Gasteiger partial charge in [0, 0.05) is 12.3 Å². The van der Waals surface area contributed by atoms with E-state index in [-0.39, 0.29) is 12.5 Å². The molecule has 0 radical (unpaired) electrons. The number of aromatic nitrogens is 1. The summed E-state index contributed by atoms with van der Waals surface area (Å²) in [7, 11) is 0. The van der Waals surface area contributed by atoms with Gasteiger partial charge in [0.25, 0.3) is 0 Å². The van der Waals surface area contributed by atoms with Crippen molar-refractivity contribution >= 4 is 34.0 Å². The number of benzene rings is 1. The summed E-state index contributed by atoms with van der Waals surface area (Å²) in [6.45, 7) is 9.23. The van der Waals surface area contributed by atoms with Gasteiger partial charge < -0.3 is 9.15 Å². The highest BCUT2D eigenvalue weighted by atomic mass is 32.1. The standard InChI is InChI=1S/C21H22N2O4S/c1-12-8-13(2)19(14(3)9-12)23(16(5)24)21-22-17(11-28-21)10-27-20(25)18-6-7-26-15(18)4/h6-9,11H,10H2,1-5H3. The zero-order valence-corrected chi connectivity index (χ0v) is 17.3. The van der Waals surface area contributed by atoms with Crippen molar-refractivity contribution in [1.82, 2.24) is 4.98 Å². The Kier molecular flexibility index (Phi) is 5.65. The van der Waals surface area contributed by atoms with E-state index >= 15 is 0 Å². The number of esters is 1. The van der Waals surface area contributed by atoms with Crippen LogP contribution in [0.3, 0.4) is 0 Å². The molecule has 1 amide bonds. The fraction of sp³-hybridized carbons (Fsp3) is 0.286. The van der Waals surface area contributed by atoms with Gasteiger partial charge >= 0.3 is 5.97 Å². The maximum Gasteiger partial charge on any atom is 0.342 e. The third-order valence-electron chi connectivity index (χ3n) is 4.33. The number of nitrogens with zero attached hydrogens (tertiary/aromatic N) is 2. The van der Waals surface area contributed by atoms with Gasteiger partial charge in [0.2, 0.25) is 5.91 Å². The number of amides is 1. The molecule has 0 aliphatic rings. The number of carbonyl (C=O) groups is 2. The predicted octanol–water partition coefficient (Wildman–Crippen LogP) is 5.01. The average molecular weight is 398 g/mol. The normalized spacial score (nSPS) is 10.8. The Morgan fingerprint density at radius 3 is 2.43 bits per heavy atom. The second-order valence-electron chi connectivity index (χ2n) is 6.69. The number of hydrogen-bond donors (Lipinski definition) is 0. The summed E-state index contributed by atoms with van der Waals surface area (Å²) in [6, 6.07) is 5.66. The molecule has 0 spiro atoms. The molecule has 0 bridgehead atoms. The van der Waals surface area contributed by atoms with Crippen LogP contribution in [0, 0.1) is 27.7 Å². The van der Waals surface area contributed by atoms with E-state index in [2.05, 4.69) is 4.98 Å². The Labute approximate surface area is 167 Å². The topological polar surface area (TPSA) is 72.6 Å². The van der Waals surface area contributed by atoms with Crippen LogP contribution in [0.5, 0.6) is 0 Å². The maximum absolute atomic E-state index is 12.4. The molecular weight excluding hydrogens is 376 g/mol. The van der Waals surface area contributed by atoms with Crippen LogP contribution >= 0.6 is 11.3 Å². The molecule has 1 aromatic carbocycles. The number of carbonyl (C=O) groups excluding carboxylic acids is 2. The first kappa shape index (κ1) is 19.8. The van der Waals surface area contributed by atoms with Gasteiger partial charge in [-0.25, -0.2) is 9.78 Å². The number of furan rings is 1. The van der Waals surface area contributed by atoms with Gasteiger partial charge in [-0.05, 0) is 44.9 Å². The van der Waals surface area contributed by atoms with Crippen LogP contribution < -0.4 is 4.90 Å². The quantitative estimate of drug-likeness (QED) is 0.565. The van der Waals surface area contributed by atoms with E-state index in [4.69, 9.17) is 9.15 Å². The van der Waals surface area contributed by atoms with Crippen molar-refractivity contribution in [2.75, 3.05) is 4.90 Å². The lowest BCUT2D eigenvalue weighted by molar-refractivity contribution is -0.115. The fourth-order valence-corrected chi connectivity index (χ4v) is 4.05.